The zero-order chi connectivity index (χ0) is 20.8. The van der Waals surface area contributed by atoms with Gasteiger partial charge in [0, 0.05) is 32.0 Å². The van der Waals surface area contributed by atoms with Gasteiger partial charge in [-0.2, -0.15) is 0 Å². The van der Waals surface area contributed by atoms with Crippen molar-refractivity contribution in [2.45, 2.75) is 6.42 Å². The maximum atomic E-state index is 12.3. The van der Waals surface area contributed by atoms with Gasteiger partial charge in [-0.05, 0) is 30.7 Å². The average molecular weight is 457 g/mol. The number of hydrogen-bond acceptors (Lipinski definition) is 6. The molecule has 2 aliphatic rings. The molecule has 0 bridgehead atoms. The quantitative estimate of drug-likeness (QED) is 0.470. The summed E-state index contributed by atoms with van der Waals surface area (Å²) < 4.78 is 29.1. The van der Waals surface area contributed by atoms with Gasteiger partial charge in [-0.3, -0.25) is 0 Å². The highest BCUT2D eigenvalue weighted by Crippen LogP contribution is 2.27. The van der Waals surface area contributed by atoms with Crippen molar-refractivity contribution in [2.75, 3.05) is 43.9 Å². The van der Waals surface area contributed by atoms with E-state index in [2.05, 4.69) is 16.5 Å². The second kappa shape index (κ2) is 10.5. The van der Waals surface area contributed by atoms with Gasteiger partial charge in [0.05, 0.1) is 16.5 Å². The summed E-state index contributed by atoms with van der Waals surface area (Å²) in [6, 6.07) is 0. The molecule has 1 saturated heterocycles. The molecule has 0 aliphatic carbocycles. The van der Waals surface area contributed by atoms with Crippen molar-refractivity contribution in [3.63, 3.8) is 0 Å². The van der Waals surface area contributed by atoms with E-state index < -0.39 is 11.1 Å². The Morgan fingerprint density at radius 1 is 1.28 bits per heavy atom. The van der Waals surface area contributed by atoms with Gasteiger partial charge in [0.1, 0.15) is 12.4 Å². The molecule has 0 saturated carbocycles. The van der Waals surface area contributed by atoms with E-state index in [0.717, 1.165) is 36.2 Å². The molecule has 3 heterocycles. The predicted octanol–water partition coefficient (Wildman–Crippen LogP) is 0.385. The Morgan fingerprint density at radius 2 is 2.10 bits per heavy atom. The first-order chi connectivity index (χ1) is 14.0. The molecule has 0 spiro atoms. The van der Waals surface area contributed by atoms with Crippen molar-refractivity contribution >= 4 is 51.8 Å². The van der Waals surface area contributed by atoms with Crippen molar-refractivity contribution in [2.24, 2.45) is 7.05 Å². The van der Waals surface area contributed by atoms with Crippen molar-refractivity contribution in [1.82, 2.24) is 9.47 Å². The van der Waals surface area contributed by atoms with Crippen LogP contribution in [-0.4, -0.2) is 71.8 Å². The normalized spacial score (nSPS) is 21.5. The molecule has 1 atom stereocenters. The number of oxazole rings is 1. The number of rotatable bonds is 7. The van der Waals surface area contributed by atoms with Crippen molar-refractivity contribution in [3.05, 3.63) is 44.6 Å². The number of aromatic nitrogens is 1. The first-order valence-electron chi connectivity index (χ1n) is 9.38. The first-order valence-corrected chi connectivity index (χ1v) is 12.6. The third-order valence-corrected chi connectivity index (χ3v) is 7.53. The van der Waals surface area contributed by atoms with Gasteiger partial charge >= 0.3 is 5.63 Å². The topological polar surface area (TPSA) is 78.7 Å². The summed E-state index contributed by atoms with van der Waals surface area (Å²) in [5.74, 6) is 2.34. The van der Waals surface area contributed by atoms with Crippen LogP contribution in [0.4, 0.5) is 0 Å². The van der Waals surface area contributed by atoms with E-state index in [1.165, 1.54) is 5.04 Å². The largest absolute Gasteiger partial charge is 0.405 e. The maximum absolute atomic E-state index is 12.3. The molecule has 1 unspecified atom stereocenters. The summed E-state index contributed by atoms with van der Waals surface area (Å²) >= 11 is 1.78. The molecule has 1 N–H and O–H groups in total. The standard InChI is InChI=1S/C19H25N3O4S3/c1-20-10-12-27-17(20)6-3-5-16-21(2)15(19(23)26-16)7-8-18-22(11-13-28-18)9-4-14-29(24)25/h3,5-8H,4,9-14H2,1-2H3/p+1. The molecule has 0 amide bonds. The molecule has 2 aliphatic heterocycles. The summed E-state index contributed by atoms with van der Waals surface area (Å²) in [5, 5.41) is 2.76. The zero-order valence-electron chi connectivity index (χ0n) is 16.6. The smallest absolute Gasteiger partial charge is 0.361 e. The molecule has 1 aromatic rings. The Labute approximate surface area is 180 Å². The Hall–Kier alpha value is -1.49. The van der Waals surface area contributed by atoms with Crippen LogP contribution in [0.25, 0.3) is 12.2 Å². The zero-order valence-corrected chi connectivity index (χ0v) is 19.0. The first kappa shape index (κ1) is 22.2. The highest BCUT2D eigenvalue weighted by molar-refractivity contribution is 8.14. The molecule has 10 heteroatoms. The van der Waals surface area contributed by atoms with Crippen LogP contribution in [0.5, 0.6) is 0 Å². The van der Waals surface area contributed by atoms with Crippen LogP contribution in [0.1, 0.15) is 6.42 Å². The van der Waals surface area contributed by atoms with Crippen LogP contribution >= 0.6 is 23.5 Å². The van der Waals surface area contributed by atoms with Gasteiger partial charge in [0.2, 0.25) is 10.6 Å². The van der Waals surface area contributed by atoms with Crippen molar-refractivity contribution < 1.29 is 17.8 Å². The van der Waals surface area contributed by atoms with E-state index in [9.17, 15) is 9.00 Å². The third-order valence-electron chi connectivity index (χ3n) is 4.68. The second-order valence-corrected chi connectivity index (χ2v) is 9.97. The second-order valence-electron chi connectivity index (χ2n) is 6.69. The number of thioether (sulfide) groups is 2. The summed E-state index contributed by atoms with van der Waals surface area (Å²) in [6.45, 7) is 2.68. The fourth-order valence-corrected chi connectivity index (χ4v) is 5.55. The predicted molar refractivity (Wildman–Crippen MR) is 122 cm³/mol. The van der Waals surface area contributed by atoms with Crippen LogP contribution in [0.2, 0.25) is 0 Å². The Morgan fingerprint density at radius 3 is 2.83 bits per heavy atom. The van der Waals surface area contributed by atoms with Crippen molar-refractivity contribution in [3.8, 4) is 0 Å². The van der Waals surface area contributed by atoms with Gasteiger partial charge in [-0.15, -0.1) is 11.8 Å². The van der Waals surface area contributed by atoms with E-state index in [1.807, 2.05) is 37.0 Å². The number of hydrogen-bond donors (Lipinski definition) is 1. The number of allylic oxidation sites excluding steroid dienone is 2. The van der Waals surface area contributed by atoms with Gasteiger partial charge in [0.25, 0.3) is 0 Å². The Balaban J connectivity index is 1.77. The van der Waals surface area contributed by atoms with E-state index >= 15 is 0 Å². The van der Waals surface area contributed by atoms with E-state index in [0.29, 0.717) is 17.3 Å². The SMILES string of the molecule is Cn1c(=CC=CC2=[N+](C)CCS2)oc(=O)c1=CC=C1SCCN1CCCS(=O)O. The molecule has 7 nitrogen and oxygen atoms in total. The molecule has 158 valence electrons. The minimum Gasteiger partial charge on any atom is -0.405 e. The summed E-state index contributed by atoms with van der Waals surface area (Å²) in [5.41, 5.74) is 0.137. The lowest BCUT2D eigenvalue weighted by Crippen LogP contribution is -2.29. The molecule has 0 aromatic carbocycles. The van der Waals surface area contributed by atoms with Gasteiger partial charge < -0.3 is 18.4 Å². The molecular weight excluding hydrogens is 430 g/mol. The number of nitrogens with zero attached hydrogens (tertiary/aromatic N) is 3. The van der Waals surface area contributed by atoms with E-state index in [-0.39, 0.29) is 11.4 Å². The third kappa shape index (κ3) is 6.00. The van der Waals surface area contributed by atoms with Crippen LogP contribution < -0.4 is 16.5 Å². The minimum absolute atomic E-state index is 0.277. The Kier molecular flexibility index (Phi) is 8.05. The average Bonchev–Trinajstić information content (AvgIpc) is 3.35. The van der Waals surface area contributed by atoms with Crippen LogP contribution in [0.15, 0.2) is 32.5 Å². The lowest BCUT2D eigenvalue weighted by atomic mass is 10.4. The van der Waals surface area contributed by atoms with Crippen LogP contribution in [0.3, 0.4) is 0 Å². The molecular formula is C19H26N3O4S3+. The fraction of sp³-hybridized carbons (Fsp3) is 0.474. The van der Waals surface area contributed by atoms with Gasteiger partial charge in [-0.25, -0.2) is 13.6 Å². The van der Waals surface area contributed by atoms with E-state index in [1.54, 1.807) is 28.5 Å². The minimum atomic E-state index is -1.75. The molecule has 1 fully saturated rings. The molecule has 0 radical (unpaired) electrons. The van der Waals surface area contributed by atoms with Crippen LogP contribution in [0, 0.1) is 0 Å². The fourth-order valence-electron chi connectivity index (χ4n) is 3.06. The van der Waals surface area contributed by atoms with Gasteiger partial charge in [0.15, 0.2) is 17.6 Å². The lowest BCUT2D eigenvalue weighted by Gasteiger charge is -2.17. The monoisotopic (exact) mass is 456 g/mol. The van der Waals surface area contributed by atoms with Crippen LogP contribution in [-0.2, 0) is 18.1 Å². The lowest BCUT2D eigenvalue weighted by molar-refractivity contribution is -0.485. The highest BCUT2D eigenvalue weighted by atomic mass is 32.2. The Bertz CT molecular complexity index is 1040. The maximum Gasteiger partial charge on any atom is 0.361 e. The summed E-state index contributed by atoms with van der Waals surface area (Å²) in [4.78, 5) is 14.5. The van der Waals surface area contributed by atoms with E-state index in [4.69, 9.17) is 8.97 Å². The molecule has 29 heavy (non-hydrogen) atoms. The van der Waals surface area contributed by atoms with Crippen molar-refractivity contribution in [1.29, 1.82) is 0 Å². The highest BCUT2D eigenvalue weighted by Gasteiger charge is 2.17. The molecule has 3 rings (SSSR count). The van der Waals surface area contributed by atoms with Gasteiger partial charge in [-0.1, -0.05) is 11.8 Å². The summed E-state index contributed by atoms with van der Waals surface area (Å²) in [6.07, 6.45) is 10.1. The molecule has 1 aromatic heterocycles. The summed E-state index contributed by atoms with van der Waals surface area (Å²) in [7, 11) is 3.88.